The molecule has 3 aliphatic rings. The fourth-order valence-corrected chi connectivity index (χ4v) is 6.77. The van der Waals surface area contributed by atoms with Gasteiger partial charge in [0.2, 0.25) is 0 Å². The molecular formula is C35H43N5O8. The van der Waals surface area contributed by atoms with Gasteiger partial charge in [-0.2, -0.15) is 0 Å². The number of ether oxygens (including phenoxy) is 3. The summed E-state index contributed by atoms with van der Waals surface area (Å²) in [5.74, 6) is -0.375. The molecule has 3 atom stereocenters. The van der Waals surface area contributed by atoms with Crippen molar-refractivity contribution in [3.8, 4) is 17.1 Å². The summed E-state index contributed by atoms with van der Waals surface area (Å²) in [7, 11) is 3.84. The van der Waals surface area contributed by atoms with Gasteiger partial charge >= 0.3 is 18.2 Å². The van der Waals surface area contributed by atoms with Gasteiger partial charge < -0.3 is 38.6 Å². The Morgan fingerprint density at radius 2 is 1.75 bits per heavy atom. The van der Waals surface area contributed by atoms with Crippen molar-refractivity contribution in [1.82, 2.24) is 24.3 Å². The summed E-state index contributed by atoms with van der Waals surface area (Å²) < 4.78 is 18.4. The van der Waals surface area contributed by atoms with E-state index >= 15 is 0 Å². The zero-order chi connectivity index (χ0) is 34.9. The third-order valence-corrected chi connectivity index (χ3v) is 9.28. The highest BCUT2D eigenvalue weighted by Gasteiger charge is 2.45. The molecule has 0 aliphatic carbocycles. The Balaban J connectivity index is 1.33. The van der Waals surface area contributed by atoms with Crippen molar-refractivity contribution < 1.29 is 33.7 Å². The predicted molar refractivity (Wildman–Crippen MR) is 177 cm³/mol. The number of esters is 1. The number of fused-ring (bicyclic) bond motifs is 5. The van der Waals surface area contributed by atoms with E-state index in [-0.39, 0.29) is 54.9 Å². The van der Waals surface area contributed by atoms with Gasteiger partial charge in [-0.1, -0.05) is 6.92 Å². The Labute approximate surface area is 279 Å². The second-order valence-electron chi connectivity index (χ2n) is 14.3. The molecule has 5 heterocycles. The van der Waals surface area contributed by atoms with Gasteiger partial charge in [0, 0.05) is 41.7 Å². The number of carbonyl (C=O) groups is 3. The molecule has 0 unspecified atom stereocenters. The first-order chi connectivity index (χ1) is 22.5. The van der Waals surface area contributed by atoms with Gasteiger partial charge in [-0.05, 0) is 79.4 Å². The molecule has 0 radical (unpaired) electrons. The minimum absolute atomic E-state index is 0.0617. The third-order valence-electron chi connectivity index (χ3n) is 9.28. The van der Waals surface area contributed by atoms with Crippen LogP contribution in [0, 0.1) is 0 Å². The van der Waals surface area contributed by atoms with E-state index in [1.807, 2.05) is 59.7 Å². The number of pyridine rings is 2. The Kier molecular flexibility index (Phi) is 8.27. The number of cyclic esters (lactones) is 1. The molecule has 1 aromatic carbocycles. The fourth-order valence-electron chi connectivity index (χ4n) is 6.77. The Hall–Kier alpha value is -4.49. The van der Waals surface area contributed by atoms with Crippen LogP contribution in [-0.4, -0.2) is 92.4 Å². The predicted octanol–water partition coefficient (Wildman–Crippen LogP) is 3.97. The average molecular weight is 662 g/mol. The average Bonchev–Trinajstić information content (AvgIpc) is 3.37. The number of aliphatic hydroxyl groups is 1. The largest absolute Gasteiger partial charge is 0.458 e. The highest BCUT2D eigenvalue weighted by Crippen LogP contribution is 2.40. The molecule has 6 rings (SSSR count). The van der Waals surface area contributed by atoms with Crippen molar-refractivity contribution in [3.05, 3.63) is 56.9 Å². The second kappa shape index (κ2) is 11.9. The maximum absolute atomic E-state index is 13.6. The maximum atomic E-state index is 13.6. The Morgan fingerprint density at radius 3 is 2.38 bits per heavy atom. The van der Waals surface area contributed by atoms with Crippen LogP contribution >= 0.6 is 0 Å². The second-order valence-corrected chi connectivity index (χ2v) is 14.3. The SMILES string of the molecule is CC[C@@]1(O)C(=O)OCc2c1cc1n(c2=O)Cc2cc3c(CN(C)C)c(OC(=O)N4C[C@H](C)N(C(=O)OC(C)(C)C)C[C@H]4C)ccc3nc2-1. The zero-order valence-corrected chi connectivity index (χ0v) is 28.7. The normalized spacial score (nSPS) is 21.9. The molecule has 13 heteroatoms. The molecule has 0 saturated carbocycles. The van der Waals surface area contributed by atoms with Crippen LogP contribution in [0.3, 0.4) is 0 Å². The van der Waals surface area contributed by atoms with Crippen LogP contribution in [0.4, 0.5) is 9.59 Å². The number of carbonyl (C=O) groups excluding carboxylic acids is 3. The summed E-state index contributed by atoms with van der Waals surface area (Å²) in [6.45, 7) is 12.0. The highest BCUT2D eigenvalue weighted by molar-refractivity contribution is 5.90. The molecule has 256 valence electrons. The summed E-state index contributed by atoms with van der Waals surface area (Å²) >= 11 is 0. The number of piperazine rings is 1. The lowest BCUT2D eigenvalue weighted by molar-refractivity contribution is -0.172. The topological polar surface area (TPSA) is 144 Å². The van der Waals surface area contributed by atoms with E-state index < -0.39 is 29.4 Å². The minimum Gasteiger partial charge on any atom is -0.458 e. The quantitative estimate of drug-likeness (QED) is 0.319. The lowest BCUT2D eigenvalue weighted by atomic mass is 9.86. The van der Waals surface area contributed by atoms with Crippen LogP contribution in [0.5, 0.6) is 5.75 Å². The molecule has 1 saturated heterocycles. The lowest BCUT2D eigenvalue weighted by Gasteiger charge is -2.43. The van der Waals surface area contributed by atoms with Crippen LogP contribution in [0.15, 0.2) is 29.1 Å². The van der Waals surface area contributed by atoms with Gasteiger partial charge in [0.15, 0.2) is 5.60 Å². The summed E-state index contributed by atoms with van der Waals surface area (Å²) in [6, 6.07) is 6.58. The number of benzene rings is 1. The zero-order valence-electron chi connectivity index (χ0n) is 28.7. The first-order valence-corrected chi connectivity index (χ1v) is 16.3. The molecule has 3 aliphatic heterocycles. The van der Waals surface area contributed by atoms with E-state index in [1.165, 1.54) is 0 Å². The number of aromatic nitrogens is 2. The summed E-state index contributed by atoms with van der Waals surface area (Å²) in [6.07, 6.45) is -0.867. The summed E-state index contributed by atoms with van der Waals surface area (Å²) in [5.41, 5.74) is 0.964. The van der Waals surface area contributed by atoms with Gasteiger partial charge in [-0.25, -0.2) is 19.4 Å². The molecule has 3 aromatic rings. The van der Waals surface area contributed by atoms with Crippen molar-refractivity contribution >= 4 is 29.1 Å². The summed E-state index contributed by atoms with van der Waals surface area (Å²) in [4.78, 5) is 62.8. The molecule has 48 heavy (non-hydrogen) atoms. The van der Waals surface area contributed by atoms with Gasteiger partial charge in [0.05, 0.1) is 41.1 Å². The van der Waals surface area contributed by atoms with Gasteiger partial charge in [-0.15, -0.1) is 0 Å². The molecule has 1 fully saturated rings. The van der Waals surface area contributed by atoms with E-state index in [0.717, 1.165) is 16.5 Å². The Morgan fingerprint density at radius 1 is 1.08 bits per heavy atom. The molecule has 1 N–H and O–H groups in total. The molecule has 13 nitrogen and oxygen atoms in total. The summed E-state index contributed by atoms with van der Waals surface area (Å²) in [5, 5.41) is 12.0. The van der Waals surface area contributed by atoms with Crippen molar-refractivity contribution in [2.75, 3.05) is 27.2 Å². The molecular weight excluding hydrogens is 618 g/mol. The van der Waals surface area contributed by atoms with Crippen molar-refractivity contribution in [1.29, 1.82) is 0 Å². The van der Waals surface area contributed by atoms with E-state index in [2.05, 4.69) is 0 Å². The van der Waals surface area contributed by atoms with E-state index in [1.54, 1.807) is 39.5 Å². The maximum Gasteiger partial charge on any atom is 0.415 e. The van der Waals surface area contributed by atoms with Crippen LogP contribution in [-0.2, 0) is 39.6 Å². The van der Waals surface area contributed by atoms with Crippen LogP contribution in [0.2, 0.25) is 0 Å². The molecule has 2 aromatic heterocycles. The smallest absolute Gasteiger partial charge is 0.415 e. The standard InChI is InChI=1S/C35H43N5O8/c1-9-35(45)25-13-27-29-21(16-40(27)30(41)24(25)18-46-31(35)42)12-22-23(17-37(7)8)28(11-10-26(22)36-29)47-32(43)38-14-20(3)39(15-19(38)2)33(44)48-34(4,5)6/h10-13,19-20,45H,9,14-18H2,1-8H3/t19-,20+,35+/m1/s1. The van der Waals surface area contributed by atoms with Crippen molar-refractivity contribution in [3.63, 3.8) is 0 Å². The number of hydrogen-bond donors (Lipinski definition) is 1. The van der Waals surface area contributed by atoms with Gasteiger partial charge in [-0.3, -0.25) is 4.79 Å². The molecule has 2 amide bonds. The van der Waals surface area contributed by atoms with E-state index in [0.29, 0.717) is 35.7 Å². The third kappa shape index (κ3) is 5.68. The minimum atomic E-state index is -1.91. The highest BCUT2D eigenvalue weighted by atomic mass is 16.6. The van der Waals surface area contributed by atoms with Crippen molar-refractivity contribution in [2.24, 2.45) is 0 Å². The van der Waals surface area contributed by atoms with E-state index in [9.17, 15) is 24.3 Å². The number of hydrogen-bond acceptors (Lipinski definition) is 10. The number of nitrogens with zero attached hydrogens (tertiary/aromatic N) is 5. The first-order valence-electron chi connectivity index (χ1n) is 16.3. The molecule has 0 bridgehead atoms. The molecule has 0 spiro atoms. The van der Waals surface area contributed by atoms with Crippen LogP contribution in [0.25, 0.3) is 22.3 Å². The van der Waals surface area contributed by atoms with Gasteiger partial charge in [0.25, 0.3) is 5.56 Å². The monoisotopic (exact) mass is 661 g/mol. The fraction of sp³-hybridized carbons (Fsp3) is 0.514. The Bertz CT molecular complexity index is 1900. The lowest BCUT2D eigenvalue weighted by Crippen LogP contribution is -2.60. The van der Waals surface area contributed by atoms with Gasteiger partial charge in [0.1, 0.15) is 18.0 Å². The first kappa shape index (κ1) is 33.4. The number of amides is 2. The number of rotatable bonds is 4. The van der Waals surface area contributed by atoms with Crippen LogP contribution < -0.4 is 10.3 Å². The van der Waals surface area contributed by atoms with Crippen molar-refractivity contribution in [2.45, 2.75) is 90.9 Å². The van der Waals surface area contributed by atoms with E-state index in [4.69, 9.17) is 19.2 Å². The van der Waals surface area contributed by atoms with Crippen LogP contribution in [0.1, 0.15) is 70.2 Å².